The zero-order valence-electron chi connectivity index (χ0n) is 11.7. The van der Waals surface area contributed by atoms with Crippen LogP contribution < -0.4 is 10.1 Å². The van der Waals surface area contributed by atoms with Gasteiger partial charge >= 0.3 is 0 Å². The lowest BCUT2D eigenvalue weighted by molar-refractivity contribution is 0.181. The molecule has 0 radical (unpaired) electrons. The smallest absolute Gasteiger partial charge is 0.165 e. The van der Waals surface area contributed by atoms with Gasteiger partial charge in [-0.2, -0.15) is 0 Å². The Kier molecular flexibility index (Phi) is 5.05. The van der Waals surface area contributed by atoms with Gasteiger partial charge in [0.05, 0.1) is 19.4 Å². The van der Waals surface area contributed by atoms with Crippen LogP contribution in [0.4, 0.5) is 4.39 Å². The van der Waals surface area contributed by atoms with Crippen molar-refractivity contribution >= 4 is 11.3 Å². The number of halogens is 1. The molecule has 4 nitrogen and oxygen atoms in total. The summed E-state index contributed by atoms with van der Waals surface area (Å²) in [6.07, 6.45) is 0. The summed E-state index contributed by atoms with van der Waals surface area (Å²) in [7, 11) is 4.98. The van der Waals surface area contributed by atoms with Gasteiger partial charge in [0.1, 0.15) is 5.01 Å². The van der Waals surface area contributed by atoms with Crippen molar-refractivity contribution in [2.75, 3.05) is 21.3 Å². The largest absolute Gasteiger partial charge is 0.494 e. The lowest BCUT2D eigenvalue weighted by Gasteiger charge is -2.03. The van der Waals surface area contributed by atoms with Crippen molar-refractivity contribution in [2.24, 2.45) is 0 Å². The average Bonchev–Trinajstić information content (AvgIpc) is 2.83. The summed E-state index contributed by atoms with van der Waals surface area (Å²) in [5.41, 5.74) is 1.75. The van der Waals surface area contributed by atoms with E-state index < -0.39 is 0 Å². The van der Waals surface area contributed by atoms with Crippen LogP contribution in [0, 0.1) is 5.82 Å². The minimum absolute atomic E-state index is 0.223. The average molecular weight is 296 g/mol. The molecule has 108 valence electrons. The molecule has 0 amide bonds. The Morgan fingerprint density at radius 3 is 2.80 bits per heavy atom. The van der Waals surface area contributed by atoms with E-state index in [-0.39, 0.29) is 11.6 Å². The Morgan fingerprint density at radius 2 is 2.15 bits per heavy atom. The van der Waals surface area contributed by atoms with Crippen LogP contribution in [0.5, 0.6) is 5.75 Å². The van der Waals surface area contributed by atoms with Gasteiger partial charge in [0.15, 0.2) is 11.6 Å². The summed E-state index contributed by atoms with van der Waals surface area (Å²) >= 11 is 1.57. The summed E-state index contributed by atoms with van der Waals surface area (Å²) in [5.74, 6) is -0.151. The van der Waals surface area contributed by atoms with Crippen molar-refractivity contribution in [3.05, 3.63) is 34.6 Å². The van der Waals surface area contributed by atoms with Crippen LogP contribution in [0.25, 0.3) is 10.6 Å². The van der Waals surface area contributed by atoms with Crippen LogP contribution in [-0.2, 0) is 17.9 Å². The molecule has 1 heterocycles. The summed E-state index contributed by atoms with van der Waals surface area (Å²) in [5, 5.41) is 3.94. The predicted octanol–water partition coefficient (Wildman–Crippen LogP) is 2.82. The predicted molar refractivity (Wildman–Crippen MR) is 77.5 cm³/mol. The third-order valence-corrected chi connectivity index (χ3v) is 3.94. The highest BCUT2D eigenvalue weighted by atomic mass is 32.1. The summed E-state index contributed by atoms with van der Waals surface area (Å²) < 4.78 is 23.6. The second kappa shape index (κ2) is 6.78. The van der Waals surface area contributed by atoms with E-state index in [4.69, 9.17) is 9.47 Å². The molecule has 2 rings (SSSR count). The van der Waals surface area contributed by atoms with Crippen LogP contribution in [0.3, 0.4) is 0 Å². The van der Waals surface area contributed by atoms with Gasteiger partial charge in [-0.15, -0.1) is 11.3 Å². The molecule has 6 heteroatoms. The number of methoxy groups -OCH3 is 2. The number of nitrogens with zero attached hydrogens (tertiary/aromatic N) is 1. The Balaban J connectivity index is 2.39. The first kappa shape index (κ1) is 14.9. The van der Waals surface area contributed by atoms with Crippen molar-refractivity contribution in [2.45, 2.75) is 13.2 Å². The number of aromatic nitrogens is 1. The van der Waals surface area contributed by atoms with Gasteiger partial charge in [0.25, 0.3) is 0 Å². The Labute approximate surface area is 121 Å². The van der Waals surface area contributed by atoms with Gasteiger partial charge in [0.2, 0.25) is 0 Å². The SMILES string of the molecule is CNCc1sc(-c2ccc(F)c(OC)c2)nc1COC. The molecule has 2 aromatic rings. The van der Waals surface area contributed by atoms with Gasteiger partial charge in [-0.05, 0) is 25.2 Å². The van der Waals surface area contributed by atoms with E-state index in [2.05, 4.69) is 10.3 Å². The third kappa shape index (κ3) is 3.15. The number of nitrogens with one attached hydrogen (secondary N) is 1. The molecule has 20 heavy (non-hydrogen) atoms. The topological polar surface area (TPSA) is 43.4 Å². The fourth-order valence-corrected chi connectivity index (χ4v) is 2.92. The summed E-state index contributed by atoms with van der Waals surface area (Å²) in [6.45, 7) is 1.19. The maximum absolute atomic E-state index is 13.4. The van der Waals surface area contributed by atoms with Crippen LogP contribution >= 0.6 is 11.3 Å². The van der Waals surface area contributed by atoms with Gasteiger partial charge in [-0.25, -0.2) is 9.37 Å². The fraction of sp³-hybridized carbons (Fsp3) is 0.357. The second-order valence-corrected chi connectivity index (χ2v) is 5.29. The molecule has 0 unspecified atom stereocenters. The molecule has 0 atom stereocenters. The first-order valence-electron chi connectivity index (χ1n) is 6.15. The van der Waals surface area contributed by atoms with Crippen molar-refractivity contribution in [1.82, 2.24) is 10.3 Å². The molecular weight excluding hydrogens is 279 g/mol. The number of thiazole rings is 1. The molecule has 0 aliphatic heterocycles. The number of hydrogen-bond acceptors (Lipinski definition) is 5. The first-order chi connectivity index (χ1) is 9.69. The first-order valence-corrected chi connectivity index (χ1v) is 6.97. The Morgan fingerprint density at radius 1 is 1.35 bits per heavy atom. The number of hydrogen-bond donors (Lipinski definition) is 1. The van der Waals surface area contributed by atoms with Gasteiger partial charge < -0.3 is 14.8 Å². The maximum Gasteiger partial charge on any atom is 0.165 e. The molecule has 0 aliphatic rings. The molecule has 1 aromatic carbocycles. The van der Waals surface area contributed by atoms with E-state index in [1.165, 1.54) is 13.2 Å². The quantitative estimate of drug-likeness (QED) is 0.890. The highest BCUT2D eigenvalue weighted by Gasteiger charge is 2.13. The molecule has 0 saturated heterocycles. The van der Waals surface area contributed by atoms with Crippen LogP contribution in [0.1, 0.15) is 10.6 Å². The lowest BCUT2D eigenvalue weighted by Crippen LogP contribution is -2.06. The number of rotatable bonds is 6. The molecular formula is C14H17FN2O2S. The zero-order valence-corrected chi connectivity index (χ0v) is 12.5. The van der Waals surface area contributed by atoms with Crippen molar-refractivity contribution in [3.8, 4) is 16.3 Å². The second-order valence-electron chi connectivity index (χ2n) is 4.20. The minimum atomic E-state index is -0.375. The Hall–Kier alpha value is -1.50. The molecule has 0 aliphatic carbocycles. The molecule has 1 N–H and O–H groups in total. The van der Waals surface area contributed by atoms with Crippen molar-refractivity contribution in [3.63, 3.8) is 0 Å². The number of benzene rings is 1. The molecule has 1 aromatic heterocycles. The van der Waals surface area contributed by atoms with Gasteiger partial charge in [0, 0.05) is 24.1 Å². The van der Waals surface area contributed by atoms with E-state index >= 15 is 0 Å². The molecule has 0 spiro atoms. The highest BCUT2D eigenvalue weighted by molar-refractivity contribution is 7.15. The third-order valence-electron chi connectivity index (χ3n) is 2.79. The lowest BCUT2D eigenvalue weighted by atomic mass is 10.2. The standard InChI is InChI=1S/C14H17FN2O2S/c1-16-7-13-11(8-18-2)17-14(20-13)9-4-5-10(15)12(6-9)19-3/h4-6,16H,7-8H2,1-3H3. The monoisotopic (exact) mass is 296 g/mol. The normalized spacial score (nSPS) is 10.8. The van der Waals surface area contributed by atoms with E-state index in [1.807, 2.05) is 7.05 Å². The summed E-state index contributed by atoms with van der Waals surface area (Å²) in [6, 6.07) is 4.76. The summed E-state index contributed by atoms with van der Waals surface area (Å²) in [4.78, 5) is 5.69. The van der Waals surface area contributed by atoms with E-state index in [0.29, 0.717) is 6.61 Å². The minimum Gasteiger partial charge on any atom is -0.494 e. The van der Waals surface area contributed by atoms with Crippen LogP contribution in [-0.4, -0.2) is 26.3 Å². The van der Waals surface area contributed by atoms with E-state index in [0.717, 1.165) is 27.7 Å². The molecule has 0 fully saturated rings. The van der Waals surface area contributed by atoms with Crippen LogP contribution in [0.2, 0.25) is 0 Å². The van der Waals surface area contributed by atoms with Gasteiger partial charge in [-0.3, -0.25) is 0 Å². The van der Waals surface area contributed by atoms with Gasteiger partial charge in [-0.1, -0.05) is 0 Å². The maximum atomic E-state index is 13.4. The van der Waals surface area contributed by atoms with Crippen molar-refractivity contribution < 1.29 is 13.9 Å². The van der Waals surface area contributed by atoms with E-state index in [9.17, 15) is 4.39 Å². The van der Waals surface area contributed by atoms with E-state index in [1.54, 1.807) is 30.6 Å². The Bertz CT molecular complexity index is 563. The van der Waals surface area contributed by atoms with Crippen molar-refractivity contribution in [1.29, 1.82) is 0 Å². The fourth-order valence-electron chi connectivity index (χ4n) is 1.85. The zero-order chi connectivity index (χ0) is 14.5. The highest BCUT2D eigenvalue weighted by Crippen LogP contribution is 2.31. The molecule has 0 bridgehead atoms. The molecule has 0 saturated carbocycles. The number of ether oxygens (including phenoxy) is 2. The van der Waals surface area contributed by atoms with Crippen LogP contribution in [0.15, 0.2) is 18.2 Å².